The zero-order valence-electron chi connectivity index (χ0n) is 15.3. The maximum absolute atomic E-state index is 12.4. The summed E-state index contributed by atoms with van der Waals surface area (Å²) in [6.07, 6.45) is 3.34. The third-order valence-electron chi connectivity index (χ3n) is 4.30. The molecule has 0 aliphatic carbocycles. The van der Waals surface area contributed by atoms with E-state index < -0.39 is 18.0 Å². The molecule has 1 N–H and O–H groups in total. The van der Waals surface area contributed by atoms with E-state index in [2.05, 4.69) is 5.32 Å². The number of ether oxygens (including phenoxy) is 2. The number of esters is 1. The molecule has 142 valence electrons. The Morgan fingerprint density at radius 1 is 1.15 bits per heavy atom. The van der Waals surface area contributed by atoms with Crippen LogP contribution in [-0.4, -0.2) is 55.5 Å². The van der Waals surface area contributed by atoms with Crippen LogP contribution in [0.25, 0.3) is 0 Å². The molecule has 1 aromatic carbocycles. The van der Waals surface area contributed by atoms with Crippen molar-refractivity contribution < 1.29 is 23.9 Å². The fraction of sp³-hybridized carbons (Fsp3) is 0.526. The van der Waals surface area contributed by atoms with Gasteiger partial charge >= 0.3 is 5.97 Å². The summed E-state index contributed by atoms with van der Waals surface area (Å²) in [5.41, 5.74) is 0.380. The Morgan fingerprint density at radius 2 is 1.85 bits per heavy atom. The molecule has 2 amide bonds. The minimum absolute atomic E-state index is 0.181. The van der Waals surface area contributed by atoms with Crippen LogP contribution in [0.3, 0.4) is 0 Å². The minimum Gasteiger partial charge on any atom is -0.497 e. The molecule has 7 heteroatoms. The highest BCUT2D eigenvalue weighted by atomic mass is 16.5. The number of hydrogen-bond acceptors (Lipinski definition) is 5. The molecule has 1 aliphatic rings. The molecule has 26 heavy (non-hydrogen) atoms. The van der Waals surface area contributed by atoms with E-state index in [0.29, 0.717) is 24.4 Å². The van der Waals surface area contributed by atoms with Crippen LogP contribution in [0.5, 0.6) is 5.75 Å². The van der Waals surface area contributed by atoms with Gasteiger partial charge in [0.1, 0.15) is 12.3 Å². The Kier molecular flexibility index (Phi) is 7.44. The summed E-state index contributed by atoms with van der Waals surface area (Å²) in [5, 5.41) is 2.49. The van der Waals surface area contributed by atoms with Gasteiger partial charge in [-0.05, 0) is 38.0 Å². The predicted octanol–water partition coefficient (Wildman–Crippen LogP) is 1.76. The Bertz CT molecular complexity index is 639. The number of rotatable bonds is 6. The van der Waals surface area contributed by atoms with Gasteiger partial charge in [-0.1, -0.05) is 18.9 Å². The number of amides is 2. The van der Waals surface area contributed by atoms with Gasteiger partial charge in [-0.15, -0.1) is 0 Å². The topological polar surface area (TPSA) is 84.9 Å². The average molecular weight is 362 g/mol. The number of nitrogens with zero attached hydrogens (tertiary/aromatic N) is 1. The summed E-state index contributed by atoms with van der Waals surface area (Å²) >= 11 is 0. The molecule has 1 saturated heterocycles. The van der Waals surface area contributed by atoms with E-state index in [1.165, 1.54) is 7.11 Å². The summed E-state index contributed by atoms with van der Waals surface area (Å²) in [6.45, 7) is 2.67. The van der Waals surface area contributed by atoms with Gasteiger partial charge in [-0.3, -0.25) is 14.4 Å². The van der Waals surface area contributed by atoms with Crippen LogP contribution in [0.2, 0.25) is 0 Å². The number of methoxy groups -OCH3 is 1. The maximum Gasteiger partial charge on any atom is 0.326 e. The number of carbonyl (C=O) groups excluding carboxylic acids is 3. The van der Waals surface area contributed by atoms with Crippen LogP contribution in [0.15, 0.2) is 24.3 Å². The summed E-state index contributed by atoms with van der Waals surface area (Å²) in [7, 11) is 1.51. The Balaban J connectivity index is 1.79. The average Bonchev–Trinajstić information content (AvgIpc) is 2.94. The van der Waals surface area contributed by atoms with Gasteiger partial charge < -0.3 is 19.7 Å². The van der Waals surface area contributed by atoms with Gasteiger partial charge in [0.25, 0.3) is 11.8 Å². The third kappa shape index (κ3) is 5.75. The molecule has 1 unspecified atom stereocenters. The number of carbonyl (C=O) groups is 3. The molecule has 1 atom stereocenters. The van der Waals surface area contributed by atoms with Crippen molar-refractivity contribution in [2.75, 3.05) is 26.7 Å². The summed E-state index contributed by atoms with van der Waals surface area (Å²) in [5.74, 6) is -0.680. The first-order chi connectivity index (χ1) is 12.5. The van der Waals surface area contributed by atoms with E-state index in [4.69, 9.17) is 9.47 Å². The Hall–Kier alpha value is -2.57. The second-order valence-corrected chi connectivity index (χ2v) is 6.29. The van der Waals surface area contributed by atoms with Gasteiger partial charge in [-0.2, -0.15) is 0 Å². The first kappa shape index (κ1) is 19.8. The molecule has 1 heterocycles. The standard InChI is InChI=1S/C19H26N2O5/c1-14(19(24)21-10-5-3-4-6-11-21)26-17(22)13-20-18(23)15-8-7-9-16(12-15)25-2/h7-9,12,14H,3-6,10-11,13H2,1-2H3,(H,20,23). The number of nitrogens with one attached hydrogen (secondary N) is 1. The van der Waals surface area contributed by atoms with Crippen LogP contribution in [0.1, 0.15) is 43.0 Å². The molecular weight excluding hydrogens is 336 g/mol. The van der Waals surface area contributed by atoms with Crippen LogP contribution in [0.4, 0.5) is 0 Å². The van der Waals surface area contributed by atoms with Crippen molar-refractivity contribution >= 4 is 17.8 Å². The molecule has 0 bridgehead atoms. The van der Waals surface area contributed by atoms with Crippen LogP contribution in [-0.2, 0) is 14.3 Å². The SMILES string of the molecule is COc1cccc(C(=O)NCC(=O)OC(C)C(=O)N2CCCCCC2)c1. The molecule has 0 radical (unpaired) electrons. The van der Waals surface area contributed by atoms with E-state index in [0.717, 1.165) is 25.7 Å². The van der Waals surface area contributed by atoms with Crippen molar-refractivity contribution in [3.63, 3.8) is 0 Å². The highest BCUT2D eigenvalue weighted by molar-refractivity contribution is 5.96. The number of hydrogen-bond donors (Lipinski definition) is 1. The minimum atomic E-state index is -0.852. The summed E-state index contributed by atoms with van der Waals surface area (Å²) in [6, 6.07) is 6.61. The van der Waals surface area contributed by atoms with Gasteiger partial charge in [-0.25, -0.2) is 0 Å². The van der Waals surface area contributed by atoms with Crippen molar-refractivity contribution in [2.45, 2.75) is 38.7 Å². The number of likely N-dealkylation sites (tertiary alicyclic amines) is 1. The molecule has 0 spiro atoms. The monoisotopic (exact) mass is 362 g/mol. The van der Waals surface area contributed by atoms with Crippen molar-refractivity contribution in [1.82, 2.24) is 10.2 Å². The first-order valence-electron chi connectivity index (χ1n) is 8.92. The predicted molar refractivity (Wildman–Crippen MR) is 95.9 cm³/mol. The lowest BCUT2D eigenvalue weighted by molar-refractivity contribution is -0.158. The van der Waals surface area contributed by atoms with Crippen molar-refractivity contribution in [2.24, 2.45) is 0 Å². The first-order valence-corrected chi connectivity index (χ1v) is 8.92. The van der Waals surface area contributed by atoms with E-state index in [1.807, 2.05) is 0 Å². The highest BCUT2D eigenvalue weighted by Gasteiger charge is 2.24. The molecule has 0 aromatic heterocycles. The van der Waals surface area contributed by atoms with Gasteiger partial charge in [0, 0.05) is 18.7 Å². The molecule has 7 nitrogen and oxygen atoms in total. The normalized spacial score (nSPS) is 15.5. The van der Waals surface area contributed by atoms with E-state index in [-0.39, 0.29) is 12.5 Å². The fourth-order valence-corrected chi connectivity index (χ4v) is 2.86. The second kappa shape index (κ2) is 9.79. The maximum atomic E-state index is 12.4. The summed E-state index contributed by atoms with van der Waals surface area (Å²) in [4.78, 5) is 38.1. The van der Waals surface area contributed by atoms with Crippen molar-refractivity contribution in [3.05, 3.63) is 29.8 Å². The number of benzene rings is 1. The molecule has 0 saturated carbocycles. The molecule has 1 fully saturated rings. The quantitative estimate of drug-likeness (QED) is 0.780. The zero-order chi connectivity index (χ0) is 18.9. The largest absolute Gasteiger partial charge is 0.497 e. The van der Waals surface area contributed by atoms with Gasteiger partial charge in [0.2, 0.25) is 0 Å². The second-order valence-electron chi connectivity index (χ2n) is 6.29. The Morgan fingerprint density at radius 3 is 2.50 bits per heavy atom. The van der Waals surface area contributed by atoms with Gasteiger partial charge in [0.15, 0.2) is 6.10 Å². The lowest BCUT2D eigenvalue weighted by atomic mass is 10.2. The third-order valence-corrected chi connectivity index (χ3v) is 4.30. The van der Waals surface area contributed by atoms with Crippen molar-refractivity contribution in [1.29, 1.82) is 0 Å². The zero-order valence-corrected chi connectivity index (χ0v) is 15.3. The van der Waals surface area contributed by atoms with Crippen LogP contribution < -0.4 is 10.1 Å². The lowest BCUT2D eigenvalue weighted by Crippen LogP contribution is -2.42. The van der Waals surface area contributed by atoms with Crippen LogP contribution >= 0.6 is 0 Å². The lowest BCUT2D eigenvalue weighted by Gasteiger charge is -2.24. The van der Waals surface area contributed by atoms with E-state index in [9.17, 15) is 14.4 Å². The van der Waals surface area contributed by atoms with E-state index >= 15 is 0 Å². The highest BCUT2D eigenvalue weighted by Crippen LogP contribution is 2.13. The van der Waals surface area contributed by atoms with Gasteiger partial charge in [0.05, 0.1) is 7.11 Å². The summed E-state index contributed by atoms with van der Waals surface area (Å²) < 4.78 is 10.2. The Labute approximate surface area is 153 Å². The molecule has 1 aromatic rings. The fourth-order valence-electron chi connectivity index (χ4n) is 2.86. The molecule has 1 aliphatic heterocycles. The van der Waals surface area contributed by atoms with Crippen LogP contribution in [0, 0.1) is 0 Å². The van der Waals surface area contributed by atoms with E-state index in [1.54, 1.807) is 36.1 Å². The molecule has 2 rings (SSSR count). The van der Waals surface area contributed by atoms with Crippen molar-refractivity contribution in [3.8, 4) is 5.75 Å². The smallest absolute Gasteiger partial charge is 0.326 e. The molecular formula is C19H26N2O5.